The second-order valence-electron chi connectivity index (χ2n) is 10.4. The van der Waals surface area contributed by atoms with Crippen LogP contribution in [-0.2, 0) is 39.2 Å². The van der Waals surface area contributed by atoms with Crippen LogP contribution in [0, 0.1) is 0 Å². The van der Waals surface area contributed by atoms with Crippen molar-refractivity contribution in [1.82, 2.24) is 30.8 Å². The van der Waals surface area contributed by atoms with Gasteiger partial charge in [0, 0.05) is 31.3 Å². The normalized spacial score (nSPS) is 17.9. The van der Waals surface area contributed by atoms with Crippen LogP contribution in [0.5, 0.6) is 0 Å². The fraction of sp³-hybridized carbons (Fsp3) is 0.344. The van der Waals surface area contributed by atoms with Gasteiger partial charge in [0.15, 0.2) is 6.29 Å². The quantitative estimate of drug-likeness (QED) is 0.154. The molecule has 1 aliphatic rings. The molecule has 1 aliphatic heterocycles. The Bertz CT molecular complexity index is 1570. The highest BCUT2D eigenvalue weighted by molar-refractivity contribution is 7.99. The SMILES string of the molecule is CCOC(=O)CNC(=O)NCc1ccccc1-c1ccc([C@H]2O[C@@H](CSc3nnnn3C)C[C@@H](c3ccc(CO)cc3)O2)cc1. The van der Waals surface area contributed by atoms with Crippen molar-refractivity contribution in [3.63, 3.8) is 0 Å². The Hall–Kier alpha value is -4.30. The molecule has 0 unspecified atom stereocenters. The number of benzene rings is 3. The minimum atomic E-state index is -0.599. The number of carbonyl (C=O) groups is 2. The van der Waals surface area contributed by atoms with E-state index in [1.165, 1.54) is 11.8 Å². The molecule has 236 valence electrons. The van der Waals surface area contributed by atoms with E-state index in [4.69, 9.17) is 14.2 Å². The summed E-state index contributed by atoms with van der Waals surface area (Å²) in [5.74, 6) is 0.156. The van der Waals surface area contributed by atoms with Crippen molar-refractivity contribution in [2.24, 2.45) is 7.05 Å². The molecule has 3 N–H and O–H groups in total. The van der Waals surface area contributed by atoms with Crippen LogP contribution in [0.25, 0.3) is 11.1 Å². The van der Waals surface area contributed by atoms with Gasteiger partial charge in [0.2, 0.25) is 5.16 Å². The van der Waals surface area contributed by atoms with Gasteiger partial charge in [-0.2, -0.15) is 0 Å². The molecule has 0 radical (unpaired) electrons. The first-order chi connectivity index (χ1) is 21.9. The fourth-order valence-electron chi connectivity index (χ4n) is 4.91. The molecule has 0 aliphatic carbocycles. The molecule has 1 fully saturated rings. The Balaban J connectivity index is 1.28. The highest BCUT2D eigenvalue weighted by atomic mass is 32.2. The molecule has 0 bridgehead atoms. The molecular formula is C32H36N6O6S. The number of aliphatic hydroxyl groups is 1. The first-order valence-electron chi connectivity index (χ1n) is 14.6. The maximum Gasteiger partial charge on any atom is 0.325 e. The Labute approximate surface area is 265 Å². The highest BCUT2D eigenvalue weighted by Gasteiger charge is 2.32. The zero-order valence-corrected chi connectivity index (χ0v) is 25.9. The van der Waals surface area contributed by atoms with E-state index in [9.17, 15) is 14.7 Å². The van der Waals surface area contributed by atoms with Crippen LogP contribution in [0.1, 0.15) is 48.0 Å². The van der Waals surface area contributed by atoms with Crippen molar-refractivity contribution in [1.29, 1.82) is 0 Å². The first-order valence-corrected chi connectivity index (χ1v) is 15.6. The van der Waals surface area contributed by atoms with Crippen molar-refractivity contribution in [2.45, 2.75) is 50.2 Å². The molecule has 2 amide bonds. The lowest BCUT2D eigenvalue weighted by atomic mass is 9.98. The monoisotopic (exact) mass is 632 g/mol. The smallest absolute Gasteiger partial charge is 0.325 e. The minimum Gasteiger partial charge on any atom is -0.465 e. The molecule has 3 atom stereocenters. The molecule has 4 aromatic rings. The summed E-state index contributed by atoms with van der Waals surface area (Å²) in [5.41, 5.74) is 5.58. The third-order valence-electron chi connectivity index (χ3n) is 7.24. The number of esters is 1. The molecule has 1 aromatic heterocycles. The van der Waals surface area contributed by atoms with E-state index < -0.39 is 18.3 Å². The van der Waals surface area contributed by atoms with Gasteiger partial charge in [-0.25, -0.2) is 9.48 Å². The summed E-state index contributed by atoms with van der Waals surface area (Å²) in [6, 6.07) is 23.1. The summed E-state index contributed by atoms with van der Waals surface area (Å²) in [6.45, 7) is 2.04. The van der Waals surface area contributed by atoms with E-state index in [1.54, 1.807) is 18.7 Å². The molecule has 0 saturated carbocycles. The zero-order chi connectivity index (χ0) is 31.6. The van der Waals surface area contributed by atoms with E-state index >= 15 is 0 Å². The number of hydrogen-bond acceptors (Lipinski definition) is 10. The number of rotatable bonds is 12. The van der Waals surface area contributed by atoms with E-state index in [0.717, 1.165) is 33.4 Å². The topological polar surface area (TPSA) is 150 Å². The number of aromatic nitrogens is 4. The lowest BCUT2D eigenvalue weighted by molar-refractivity contribution is -0.245. The number of amides is 2. The fourth-order valence-corrected chi connectivity index (χ4v) is 5.78. The number of aryl methyl sites for hydroxylation is 1. The molecule has 3 aromatic carbocycles. The number of urea groups is 1. The van der Waals surface area contributed by atoms with Gasteiger partial charge in [0.25, 0.3) is 0 Å². The van der Waals surface area contributed by atoms with Crippen LogP contribution in [0.15, 0.2) is 78.0 Å². The summed E-state index contributed by atoms with van der Waals surface area (Å²) in [7, 11) is 1.80. The highest BCUT2D eigenvalue weighted by Crippen LogP contribution is 2.39. The van der Waals surface area contributed by atoms with Gasteiger partial charge in [0.05, 0.1) is 25.4 Å². The predicted octanol–water partition coefficient (Wildman–Crippen LogP) is 4.07. The van der Waals surface area contributed by atoms with Crippen molar-refractivity contribution in [2.75, 3.05) is 18.9 Å². The number of ether oxygens (including phenoxy) is 3. The number of tetrazole rings is 1. The van der Waals surface area contributed by atoms with Gasteiger partial charge >= 0.3 is 12.0 Å². The van der Waals surface area contributed by atoms with Crippen LogP contribution in [0.2, 0.25) is 0 Å². The molecule has 13 heteroatoms. The van der Waals surface area contributed by atoms with Crippen LogP contribution in [0.4, 0.5) is 4.79 Å². The molecule has 2 heterocycles. The average molecular weight is 633 g/mol. The largest absolute Gasteiger partial charge is 0.465 e. The maximum absolute atomic E-state index is 12.2. The van der Waals surface area contributed by atoms with Crippen molar-refractivity contribution in [3.8, 4) is 11.1 Å². The Kier molecular flexibility index (Phi) is 11.1. The summed E-state index contributed by atoms with van der Waals surface area (Å²) >= 11 is 1.53. The second-order valence-corrected chi connectivity index (χ2v) is 11.4. The lowest BCUT2D eigenvalue weighted by Crippen LogP contribution is -2.38. The zero-order valence-electron chi connectivity index (χ0n) is 25.1. The molecular weight excluding hydrogens is 596 g/mol. The summed E-state index contributed by atoms with van der Waals surface area (Å²) in [4.78, 5) is 23.8. The lowest BCUT2D eigenvalue weighted by Gasteiger charge is -2.36. The van der Waals surface area contributed by atoms with Gasteiger partial charge < -0.3 is 30.0 Å². The summed E-state index contributed by atoms with van der Waals surface area (Å²) in [5, 5.41) is 27.2. The number of nitrogens with zero attached hydrogens (tertiary/aromatic N) is 4. The standard InChI is InChI=1S/C32H36N6O6S/c1-3-42-29(40)18-34-31(41)33-17-25-6-4-5-7-27(25)22-12-14-24(15-13-22)30-43-26(20-45-32-35-36-37-38(32)2)16-28(44-30)23-10-8-21(19-39)9-11-23/h4-15,26,28,30,39H,3,16-20H2,1-2H3,(H2,33,34,41)/t26-,28+,30+/m1/s1. The maximum atomic E-state index is 12.2. The minimum absolute atomic E-state index is 0.0171. The summed E-state index contributed by atoms with van der Waals surface area (Å²) in [6.07, 6.45) is -0.284. The van der Waals surface area contributed by atoms with Crippen LogP contribution >= 0.6 is 11.8 Å². The van der Waals surface area contributed by atoms with Crippen molar-refractivity contribution >= 4 is 23.8 Å². The van der Waals surface area contributed by atoms with Gasteiger partial charge in [-0.3, -0.25) is 4.79 Å². The number of carbonyl (C=O) groups excluding carboxylic acids is 2. The Morgan fingerprint density at radius 1 is 1.02 bits per heavy atom. The third-order valence-corrected chi connectivity index (χ3v) is 8.39. The van der Waals surface area contributed by atoms with Gasteiger partial charge in [-0.15, -0.1) is 5.10 Å². The van der Waals surface area contributed by atoms with Crippen molar-refractivity contribution in [3.05, 3.63) is 95.1 Å². The molecule has 5 rings (SSSR count). The predicted molar refractivity (Wildman–Crippen MR) is 167 cm³/mol. The number of hydrogen-bond donors (Lipinski definition) is 3. The van der Waals surface area contributed by atoms with Crippen molar-refractivity contribution < 1.29 is 28.9 Å². The number of thioether (sulfide) groups is 1. The molecule has 1 saturated heterocycles. The molecule has 0 spiro atoms. The van der Waals surface area contributed by atoms with Crippen LogP contribution in [0.3, 0.4) is 0 Å². The second kappa shape index (κ2) is 15.6. The van der Waals surface area contributed by atoms with Crippen LogP contribution in [-0.4, -0.2) is 62.3 Å². The Morgan fingerprint density at radius 2 is 1.78 bits per heavy atom. The van der Waals surface area contributed by atoms with E-state index in [0.29, 0.717) is 17.3 Å². The van der Waals surface area contributed by atoms with E-state index in [2.05, 4.69) is 26.2 Å². The van der Waals surface area contributed by atoms with Gasteiger partial charge in [-0.1, -0.05) is 84.6 Å². The summed E-state index contributed by atoms with van der Waals surface area (Å²) < 4.78 is 19.4. The first kappa shape index (κ1) is 32.1. The Morgan fingerprint density at radius 3 is 2.49 bits per heavy atom. The molecule has 12 nitrogen and oxygen atoms in total. The number of nitrogens with one attached hydrogen (secondary N) is 2. The van der Waals surface area contributed by atoms with Gasteiger partial charge in [0.1, 0.15) is 6.54 Å². The third kappa shape index (κ3) is 8.66. The number of aliphatic hydroxyl groups excluding tert-OH is 1. The van der Waals surface area contributed by atoms with Crippen LogP contribution < -0.4 is 10.6 Å². The van der Waals surface area contributed by atoms with E-state index in [1.807, 2.05) is 72.8 Å². The van der Waals surface area contributed by atoms with E-state index in [-0.39, 0.29) is 38.5 Å². The average Bonchev–Trinajstić information content (AvgIpc) is 3.50. The van der Waals surface area contributed by atoms with Gasteiger partial charge in [-0.05, 0) is 45.2 Å². The molecule has 45 heavy (non-hydrogen) atoms.